The van der Waals surface area contributed by atoms with Gasteiger partial charge in [0.15, 0.2) is 11.7 Å². The van der Waals surface area contributed by atoms with Crippen molar-refractivity contribution in [3.8, 4) is 0 Å². The van der Waals surface area contributed by atoms with Crippen LogP contribution in [0.25, 0.3) is 0 Å². The number of carbonyl (C=O) groups is 1. The Bertz CT molecular complexity index is 226. The summed E-state index contributed by atoms with van der Waals surface area (Å²) < 4.78 is 5.34. The number of allylic oxidation sites excluding steroid dienone is 1. The second kappa shape index (κ2) is 6.49. The molecule has 0 heterocycles. The molecule has 3 nitrogen and oxygen atoms in total. The van der Waals surface area contributed by atoms with Crippen molar-refractivity contribution in [3.05, 3.63) is 12.0 Å². The molecule has 0 aliphatic heterocycles. The van der Waals surface area contributed by atoms with Gasteiger partial charge in [0.1, 0.15) is 0 Å². The highest BCUT2D eigenvalue weighted by molar-refractivity contribution is 5.94. The van der Waals surface area contributed by atoms with Gasteiger partial charge in [0.05, 0.1) is 6.61 Å². The topological polar surface area (TPSA) is 38.3 Å². The van der Waals surface area contributed by atoms with E-state index in [1.54, 1.807) is 6.08 Å². The van der Waals surface area contributed by atoms with E-state index in [1.807, 2.05) is 27.7 Å². The smallest absolute Gasteiger partial charge is 0.190 e. The van der Waals surface area contributed by atoms with E-state index in [9.17, 15) is 4.79 Å². The van der Waals surface area contributed by atoms with Gasteiger partial charge in [-0.05, 0) is 13.3 Å². The lowest BCUT2D eigenvalue weighted by Gasteiger charge is -2.16. The van der Waals surface area contributed by atoms with E-state index in [0.29, 0.717) is 12.5 Å². The van der Waals surface area contributed by atoms with Crippen LogP contribution in [0.15, 0.2) is 12.0 Å². The van der Waals surface area contributed by atoms with Crippen LogP contribution in [0.2, 0.25) is 0 Å². The summed E-state index contributed by atoms with van der Waals surface area (Å²) in [6, 6.07) is 0. The first-order valence-electron chi connectivity index (χ1n) is 5.54. The summed E-state index contributed by atoms with van der Waals surface area (Å²) in [4.78, 5) is 11.7. The third kappa shape index (κ3) is 6.15. The van der Waals surface area contributed by atoms with Crippen LogP contribution in [-0.4, -0.2) is 18.9 Å². The summed E-state index contributed by atoms with van der Waals surface area (Å²) in [6.07, 6.45) is 2.56. The lowest BCUT2D eigenvalue weighted by atomic mass is 9.91. The fourth-order valence-corrected chi connectivity index (χ4v) is 0.883. The largest absolute Gasteiger partial charge is 0.479 e. The first-order chi connectivity index (χ1) is 6.91. The molecule has 0 unspecified atom stereocenters. The van der Waals surface area contributed by atoms with Crippen molar-refractivity contribution in [3.63, 3.8) is 0 Å². The van der Waals surface area contributed by atoms with E-state index in [0.717, 1.165) is 13.0 Å². The van der Waals surface area contributed by atoms with Crippen LogP contribution >= 0.6 is 0 Å². The van der Waals surface area contributed by atoms with E-state index >= 15 is 0 Å². The van der Waals surface area contributed by atoms with Gasteiger partial charge in [0.2, 0.25) is 0 Å². The van der Waals surface area contributed by atoms with Crippen LogP contribution in [0, 0.1) is 5.41 Å². The Balaban J connectivity index is 4.45. The fraction of sp³-hybridized carbons (Fsp3) is 0.750. The van der Waals surface area contributed by atoms with Crippen molar-refractivity contribution in [2.45, 2.75) is 41.0 Å². The molecule has 0 fully saturated rings. The van der Waals surface area contributed by atoms with Gasteiger partial charge in [-0.15, -0.1) is 0 Å². The van der Waals surface area contributed by atoms with Crippen LogP contribution in [0.5, 0.6) is 0 Å². The normalized spacial score (nSPS) is 12.5. The SMILES string of the molecule is CCCN/C(=C\C(=O)C(C)(C)C)OCC. The van der Waals surface area contributed by atoms with Crippen LogP contribution in [-0.2, 0) is 9.53 Å². The van der Waals surface area contributed by atoms with Gasteiger partial charge in [-0.3, -0.25) is 4.79 Å². The van der Waals surface area contributed by atoms with Gasteiger partial charge in [-0.25, -0.2) is 0 Å². The van der Waals surface area contributed by atoms with Gasteiger partial charge in [-0.1, -0.05) is 27.7 Å². The minimum absolute atomic E-state index is 0.0783. The van der Waals surface area contributed by atoms with Gasteiger partial charge >= 0.3 is 0 Å². The predicted octanol–water partition coefficient (Wildman–Crippen LogP) is 2.48. The molecule has 0 saturated heterocycles. The molecule has 0 aliphatic carbocycles. The maximum atomic E-state index is 11.7. The average molecular weight is 213 g/mol. The molecule has 3 heteroatoms. The average Bonchev–Trinajstić information content (AvgIpc) is 2.13. The summed E-state index contributed by atoms with van der Waals surface area (Å²) in [5.41, 5.74) is -0.351. The quantitative estimate of drug-likeness (QED) is 0.544. The monoisotopic (exact) mass is 213 g/mol. The molecule has 0 spiro atoms. The van der Waals surface area contributed by atoms with E-state index in [4.69, 9.17) is 4.74 Å². The highest BCUT2D eigenvalue weighted by atomic mass is 16.5. The van der Waals surface area contributed by atoms with Gasteiger partial charge in [0, 0.05) is 18.0 Å². The molecule has 0 aromatic rings. The zero-order valence-corrected chi connectivity index (χ0v) is 10.5. The van der Waals surface area contributed by atoms with Crippen molar-refractivity contribution in [2.24, 2.45) is 5.41 Å². The van der Waals surface area contributed by atoms with Crippen LogP contribution in [0.4, 0.5) is 0 Å². The number of ether oxygens (including phenoxy) is 1. The Kier molecular flexibility index (Phi) is 6.06. The molecular formula is C12H23NO2. The maximum absolute atomic E-state index is 11.7. The molecule has 88 valence electrons. The molecule has 1 N–H and O–H groups in total. The molecule has 15 heavy (non-hydrogen) atoms. The zero-order valence-electron chi connectivity index (χ0n) is 10.5. The minimum atomic E-state index is -0.351. The molecule has 0 aliphatic rings. The maximum Gasteiger partial charge on any atom is 0.190 e. The number of hydrogen-bond donors (Lipinski definition) is 1. The van der Waals surface area contributed by atoms with Gasteiger partial charge in [-0.2, -0.15) is 0 Å². The Hall–Kier alpha value is -0.990. The van der Waals surface area contributed by atoms with Gasteiger partial charge in [0.25, 0.3) is 0 Å². The first-order valence-corrected chi connectivity index (χ1v) is 5.54. The van der Waals surface area contributed by atoms with Crippen LogP contribution < -0.4 is 5.32 Å². The number of nitrogens with one attached hydrogen (secondary N) is 1. The molecule has 0 atom stereocenters. The molecule has 0 rings (SSSR count). The third-order valence-electron chi connectivity index (χ3n) is 1.85. The Morgan fingerprint density at radius 1 is 1.33 bits per heavy atom. The van der Waals surface area contributed by atoms with Crippen molar-refractivity contribution >= 4 is 5.78 Å². The molecule has 0 radical (unpaired) electrons. The summed E-state index contributed by atoms with van der Waals surface area (Å²) in [5.74, 6) is 0.661. The molecule has 0 aromatic carbocycles. The van der Waals surface area contributed by atoms with E-state index in [1.165, 1.54) is 0 Å². The molecule has 0 amide bonds. The highest BCUT2D eigenvalue weighted by Gasteiger charge is 2.19. The summed E-state index contributed by atoms with van der Waals surface area (Å²) in [7, 11) is 0. The van der Waals surface area contributed by atoms with Crippen molar-refractivity contribution in [1.29, 1.82) is 0 Å². The Morgan fingerprint density at radius 2 is 1.93 bits per heavy atom. The lowest BCUT2D eigenvalue weighted by molar-refractivity contribution is -0.121. The number of rotatable bonds is 6. The van der Waals surface area contributed by atoms with Crippen LogP contribution in [0.1, 0.15) is 41.0 Å². The van der Waals surface area contributed by atoms with Gasteiger partial charge < -0.3 is 10.1 Å². The standard InChI is InChI=1S/C12H23NO2/c1-6-8-13-11(15-7-2)9-10(14)12(3,4)5/h9,13H,6-8H2,1-5H3/b11-9+. The Labute approximate surface area is 92.9 Å². The number of carbonyl (C=O) groups excluding carboxylic acids is 1. The second-order valence-electron chi connectivity index (χ2n) is 4.48. The zero-order chi connectivity index (χ0) is 11.9. The Morgan fingerprint density at radius 3 is 2.33 bits per heavy atom. The lowest BCUT2D eigenvalue weighted by Crippen LogP contribution is -2.23. The van der Waals surface area contributed by atoms with Crippen molar-refractivity contribution < 1.29 is 9.53 Å². The van der Waals surface area contributed by atoms with E-state index < -0.39 is 0 Å². The number of hydrogen-bond acceptors (Lipinski definition) is 3. The van der Waals surface area contributed by atoms with E-state index in [2.05, 4.69) is 12.2 Å². The molecule has 0 saturated carbocycles. The van der Waals surface area contributed by atoms with Crippen molar-refractivity contribution in [2.75, 3.05) is 13.2 Å². The molecular weight excluding hydrogens is 190 g/mol. The predicted molar refractivity (Wildman–Crippen MR) is 62.5 cm³/mol. The first kappa shape index (κ1) is 14.0. The number of ketones is 1. The summed E-state index contributed by atoms with van der Waals surface area (Å²) in [5, 5.41) is 3.09. The minimum Gasteiger partial charge on any atom is -0.479 e. The van der Waals surface area contributed by atoms with Crippen molar-refractivity contribution in [1.82, 2.24) is 5.32 Å². The second-order valence-corrected chi connectivity index (χ2v) is 4.48. The van der Waals surface area contributed by atoms with Crippen LogP contribution in [0.3, 0.4) is 0 Å². The third-order valence-corrected chi connectivity index (χ3v) is 1.85. The molecule has 0 aromatic heterocycles. The summed E-state index contributed by atoms with van der Waals surface area (Å²) >= 11 is 0. The highest BCUT2D eigenvalue weighted by Crippen LogP contribution is 2.16. The fourth-order valence-electron chi connectivity index (χ4n) is 0.883. The van der Waals surface area contributed by atoms with E-state index in [-0.39, 0.29) is 11.2 Å². The summed E-state index contributed by atoms with van der Waals surface area (Å²) in [6.45, 7) is 11.1. The molecule has 0 bridgehead atoms.